The minimum absolute atomic E-state index is 0.0391. The van der Waals surface area contributed by atoms with Gasteiger partial charge in [-0.05, 0) is 43.3 Å². The highest BCUT2D eigenvalue weighted by atomic mass is 16.2. The lowest BCUT2D eigenvalue weighted by atomic mass is 10.2. The molecular weight excluding hydrogens is 278 g/mol. The van der Waals surface area contributed by atoms with Crippen molar-refractivity contribution in [2.45, 2.75) is 6.92 Å². The molecule has 0 aromatic heterocycles. The molecule has 2 aromatic rings. The second-order valence-electron chi connectivity index (χ2n) is 4.84. The van der Waals surface area contributed by atoms with Gasteiger partial charge in [-0.15, -0.1) is 0 Å². The summed E-state index contributed by atoms with van der Waals surface area (Å²) in [4.78, 5) is 25.5. The van der Waals surface area contributed by atoms with Gasteiger partial charge in [0.1, 0.15) is 0 Å². The highest BCUT2D eigenvalue weighted by molar-refractivity contribution is 6.00. The van der Waals surface area contributed by atoms with E-state index in [2.05, 4.69) is 10.6 Å². The number of hydrogen-bond donors (Lipinski definition) is 2. The van der Waals surface area contributed by atoms with Gasteiger partial charge in [0.05, 0.1) is 0 Å². The fourth-order valence-corrected chi connectivity index (χ4v) is 1.88. The summed E-state index contributed by atoms with van der Waals surface area (Å²) in [6, 6.07) is 15.7. The Balaban J connectivity index is 1.96. The van der Waals surface area contributed by atoms with Gasteiger partial charge in [-0.1, -0.05) is 18.2 Å². The number of carbonyl (C=O) groups is 2. The first-order chi connectivity index (χ1) is 10.6. The van der Waals surface area contributed by atoms with Crippen LogP contribution in [0.2, 0.25) is 0 Å². The Morgan fingerprint density at radius 2 is 1.45 bits per heavy atom. The van der Waals surface area contributed by atoms with E-state index in [0.717, 1.165) is 5.69 Å². The number of nitrogens with zero attached hydrogens (tertiary/aromatic N) is 1. The van der Waals surface area contributed by atoms with Crippen molar-refractivity contribution >= 4 is 23.3 Å². The van der Waals surface area contributed by atoms with E-state index in [1.165, 1.54) is 0 Å². The molecule has 2 N–H and O–H groups in total. The third kappa shape index (κ3) is 4.09. The van der Waals surface area contributed by atoms with Crippen LogP contribution in [-0.4, -0.2) is 30.4 Å². The minimum atomic E-state index is -0.323. The van der Waals surface area contributed by atoms with Gasteiger partial charge in [-0.3, -0.25) is 4.79 Å². The molecule has 5 heteroatoms. The quantitative estimate of drug-likeness (QED) is 0.908. The average Bonchev–Trinajstić information content (AvgIpc) is 2.55. The predicted octanol–water partition coefficient (Wildman–Crippen LogP) is 3.42. The van der Waals surface area contributed by atoms with Crippen LogP contribution in [0, 0.1) is 0 Å². The van der Waals surface area contributed by atoms with Crippen LogP contribution in [0.4, 0.5) is 16.2 Å². The van der Waals surface area contributed by atoms with Crippen molar-refractivity contribution in [2.75, 3.05) is 24.2 Å². The molecule has 5 nitrogen and oxygen atoms in total. The molecule has 2 aromatic carbocycles. The Morgan fingerprint density at radius 3 is 2.00 bits per heavy atom. The van der Waals surface area contributed by atoms with Crippen molar-refractivity contribution in [3.8, 4) is 0 Å². The Hall–Kier alpha value is -2.82. The molecule has 0 heterocycles. The molecule has 0 aliphatic carbocycles. The third-order valence-corrected chi connectivity index (χ3v) is 3.24. The molecule has 0 aliphatic rings. The zero-order valence-corrected chi connectivity index (χ0v) is 12.7. The van der Waals surface area contributed by atoms with E-state index < -0.39 is 0 Å². The van der Waals surface area contributed by atoms with E-state index in [-0.39, 0.29) is 11.9 Å². The number of amides is 3. The Labute approximate surface area is 129 Å². The lowest BCUT2D eigenvalue weighted by molar-refractivity contribution is 0.0802. The summed E-state index contributed by atoms with van der Waals surface area (Å²) in [6.07, 6.45) is 0. The first kappa shape index (κ1) is 15.6. The van der Waals surface area contributed by atoms with E-state index in [1.54, 1.807) is 36.2 Å². The molecule has 114 valence electrons. The number of nitrogens with one attached hydrogen (secondary N) is 2. The van der Waals surface area contributed by atoms with Crippen molar-refractivity contribution in [1.82, 2.24) is 4.90 Å². The SMILES string of the molecule is CCN(C)C(=O)c1ccc(NC(=O)Nc2ccccc2)cc1. The summed E-state index contributed by atoms with van der Waals surface area (Å²) in [5.41, 5.74) is 1.94. The van der Waals surface area contributed by atoms with Crippen LogP contribution in [0.5, 0.6) is 0 Å². The second-order valence-corrected chi connectivity index (χ2v) is 4.84. The van der Waals surface area contributed by atoms with Gasteiger partial charge in [0, 0.05) is 30.5 Å². The van der Waals surface area contributed by atoms with Gasteiger partial charge in [0.15, 0.2) is 0 Å². The molecule has 0 radical (unpaired) electrons. The number of anilines is 2. The molecule has 0 unspecified atom stereocenters. The fraction of sp³-hybridized carbons (Fsp3) is 0.176. The monoisotopic (exact) mass is 297 g/mol. The summed E-state index contributed by atoms with van der Waals surface area (Å²) < 4.78 is 0. The van der Waals surface area contributed by atoms with Gasteiger partial charge >= 0.3 is 6.03 Å². The molecule has 0 saturated carbocycles. The van der Waals surface area contributed by atoms with Crippen LogP contribution >= 0.6 is 0 Å². The Kier molecular flexibility index (Phi) is 5.14. The topological polar surface area (TPSA) is 61.4 Å². The third-order valence-electron chi connectivity index (χ3n) is 3.24. The number of benzene rings is 2. The van der Waals surface area contributed by atoms with Gasteiger partial charge in [0.25, 0.3) is 5.91 Å². The standard InChI is InChI=1S/C17H19N3O2/c1-3-20(2)16(21)13-9-11-15(12-10-13)19-17(22)18-14-7-5-4-6-8-14/h4-12H,3H2,1-2H3,(H2,18,19,22). The van der Waals surface area contributed by atoms with Crippen molar-refractivity contribution in [1.29, 1.82) is 0 Å². The lowest BCUT2D eigenvalue weighted by Crippen LogP contribution is -2.26. The van der Waals surface area contributed by atoms with Gasteiger partial charge < -0.3 is 15.5 Å². The highest BCUT2D eigenvalue weighted by Crippen LogP contribution is 2.12. The molecule has 3 amide bonds. The van der Waals surface area contributed by atoms with Crippen LogP contribution in [0.3, 0.4) is 0 Å². The number of hydrogen-bond acceptors (Lipinski definition) is 2. The lowest BCUT2D eigenvalue weighted by Gasteiger charge is -2.14. The van der Waals surface area contributed by atoms with E-state index >= 15 is 0 Å². The first-order valence-corrected chi connectivity index (χ1v) is 7.08. The molecular formula is C17H19N3O2. The molecule has 22 heavy (non-hydrogen) atoms. The maximum atomic E-state index is 12.0. The zero-order valence-electron chi connectivity index (χ0n) is 12.7. The maximum absolute atomic E-state index is 12.0. The van der Waals surface area contributed by atoms with Gasteiger partial charge in [0.2, 0.25) is 0 Å². The highest BCUT2D eigenvalue weighted by Gasteiger charge is 2.10. The first-order valence-electron chi connectivity index (χ1n) is 7.08. The largest absolute Gasteiger partial charge is 0.342 e. The van der Waals surface area contributed by atoms with Gasteiger partial charge in [-0.2, -0.15) is 0 Å². The number of para-hydroxylation sites is 1. The minimum Gasteiger partial charge on any atom is -0.342 e. The molecule has 0 saturated heterocycles. The summed E-state index contributed by atoms with van der Waals surface area (Å²) in [6.45, 7) is 2.57. The van der Waals surface area contributed by atoms with E-state index in [9.17, 15) is 9.59 Å². The van der Waals surface area contributed by atoms with Crippen molar-refractivity contribution < 1.29 is 9.59 Å². The summed E-state index contributed by atoms with van der Waals surface area (Å²) in [5.74, 6) is -0.0391. The average molecular weight is 297 g/mol. The van der Waals surface area contributed by atoms with Gasteiger partial charge in [-0.25, -0.2) is 4.79 Å². The van der Waals surface area contributed by atoms with Crippen LogP contribution in [0.15, 0.2) is 54.6 Å². The molecule has 0 fully saturated rings. The fourth-order valence-electron chi connectivity index (χ4n) is 1.88. The van der Waals surface area contributed by atoms with E-state index in [0.29, 0.717) is 17.8 Å². The normalized spacial score (nSPS) is 9.91. The molecule has 0 bridgehead atoms. The van der Waals surface area contributed by atoms with E-state index in [1.807, 2.05) is 37.3 Å². The summed E-state index contributed by atoms with van der Waals surface area (Å²) >= 11 is 0. The van der Waals surface area contributed by atoms with Crippen LogP contribution in [0.25, 0.3) is 0 Å². The maximum Gasteiger partial charge on any atom is 0.323 e. The number of carbonyl (C=O) groups excluding carboxylic acids is 2. The molecule has 0 aliphatic heterocycles. The molecule has 2 rings (SSSR count). The predicted molar refractivity (Wildman–Crippen MR) is 88.2 cm³/mol. The smallest absolute Gasteiger partial charge is 0.323 e. The van der Waals surface area contributed by atoms with Crippen LogP contribution in [-0.2, 0) is 0 Å². The Bertz CT molecular complexity index is 639. The number of rotatable bonds is 4. The summed E-state index contributed by atoms with van der Waals surface area (Å²) in [5, 5.41) is 5.45. The van der Waals surface area contributed by atoms with E-state index in [4.69, 9.17) is 0 Å². The van der Waals surface area contributed by atoms with Crippen LogP contribution in [0.1, 0.15) is 17.3 Å². The number of urea groups is 1. The Morgan fingerprint density at radius 1 is 0.909 bits per heavy atom. The summed E-state index contributed by atoms with van der Waals surface area (Å²) in [7, 11) is 1.75. The van der Waals surface area contributed by atoms with Crippen molar-refractivity contribution in [2.24, 2.45) is 0 Å². The second kappa shape index (κ2) is 7.26. The van der Waals surface area contributed by atoms with Crippen LogP contribution < -0.4 is 10.6 Å². The zero-order chi connectivity index (χ0) is 15.9. The van der Waals surface area contributed by atoms with Crippen molar-refractivity contribution in [3.63, 3.8) is 0 Å². The molecule has 0 atom stereocenters. The molecule has 0 spiro atoms. The van der Waals surface area contributed by atoms with Crippen molar-refractivity contribution in [3.05, 3.63) is 60.2 Å².